The summed E-state index contributed by atoms with van der Waals surface area (Å²) in [6.07, 6.45) is 5.40. The molecule has 1 fully saturated rings. The van der Waals surface area contributed by atoms with Crippen molar-refractivity contribution in [3.05, 3.63) is 35.0 Å². The van der Waals surface area contributed by atoms with Gasteiger partial charge in [0.1, 0.15) is 12.1 Å². The standard InChI is InChI=1S/C18H25N7O.ClH/c1-2-12-8-16(21-11-20-12)25-7-3-4-13(10-25)22-18(26)17-14-9-19-6-5-15(14)23-24-17;/h8,11,13,19H,2-7,9-10H2,1H3,(H,22,26)(H,23,24);1H. The molecule has 0 spiro atoms. The third kappa shape index (κ3) is 4.22. The number of aromatic amines is 1. The van der Waals surface area contributed by atoms with Crippen molar-refractivity contribution in [2.45, 2.75) is 45.2 Å². The fourth-order valence-electron chi connectivity index (χ4n) is 3.72. The lowest BCUT2D eigenvalue weighted by atomic mass is 10.0. The molecule has 0 saturated carbocycles. The van der Waals surface area contributed by atoms with Crippen LogP contribution in [0, 0.1) is 0 Å². The van der Waals surface area contributed by atoms with E-state index in [1.54, 1.807) is 6.33 Å². The van der Waals surface area contributed by atoms with E-state index in [1.807, 2.05) is 6.07 Å². The first-order valence-electron chi connectivity index (χ1n) is 9.38. The molecule has 8 nitrogen and oxygen atoms in total. The number of halogens is 1. The highest BCUT2D eigenvalue weighted by Crippen LogP contribution is 2.20. The number of carbonyl (C=O) groups excluding carboxylic acids is 1. The van der Waals surface area contributed by atoms with Gasteiger partial charge in [0.2, 0.25) is 0 Å². The Morgan fingerprint density at radius 3 is 3.15 bits per heavy atom. The Labute approximate surface area is 165 Å². The van der Waals surface area contributed by atoms with Gasteiger partial charge in [0, 0.05) is 61.7 Å². The van der Waals surface area contributed by atoms with Gasteiger partial charge in [0.05, 0.1) is 0 Å². The molecule has 2 aromatic rings. The lowest BCUT2D eigenvalue weighted by molar-refractivity contribution is 0.0927. The summed E-state index contributed by atoms with van der Waals surface area (Å²) in [5, 5.41) is 13.7. The second-order valence-electron chi connectivity index (χ2n) is 6.94. The minimum Gasteiger partial charge on any atom is -0.354 e. The molecule has 1 saturated heterocycles. The predicted molar refractivity (Wildman–Crippen MR) is 105 cm³/mol. The number of aryl methyl sites for hydroxylation is 1. The van der Waals surface area contributed by atoms with Gasteiger partial charge in [0.15, 0.2) is 5.69 Å². The summed E-state index contributed by atoms with van der Waals surface area (Å²) in [4.78, 5) is 23.6. The quantitative estimate of drug-likeness (QED) is 0.725. The monoisotopic (exact) mass is 391 g/mol. The zero-order valence-corrected chi connectivity index (χ0v) is 16.3. The highest BCUT2D eigenvalue weighted by atomic mass is 35.5. The molecule has 3 N–H and O–H groups in total. The van der Waals surface area contributed by atoms with Crippen molar-refractivity contribution in [1.29, 1.82) is 0 Å². The molecule has 4 rings (SSSR count). The van der Waals surface area contributed by atoms with Crippen molar-refractivity contribution in [3.63, 3.8) is 0 Å². The summed E-state index contributed by atoms with van der Waals surface area (Å²) in [6, 6.07) is 2.14. The summed E-state index contributed by atoms with van der Waals surface area (Å²) in [5.41, 5.74) is 3.65. The molecule has 0 aromatic carbocycles. The normalized spacial score (nSPS) is 19.1. The Hall–Kier alpha value is -2.19. The number of piperidine rings is 1. The first kappa shape index (κ1) is 19.6. The van der Waals surface area contributed by atoms with E-state index in [2.05, 4.69) is 42.6 Å². The molecule has 0 aliphatic carbocycles. The Kier molecular flexibility index (Phi) is 6.28. The fraction of sp³-hybridized carbons (Fsp3) is 0.556. The van der Waals surface area contributed by atoms with Crippen molar-refractivity contribution in [2.75, 3.05) is 24.5 Å². The number of hydrogen-bond donors (Lipinski definition) is 3. The number of H-pyrrole nitrogens is 1. The lowest BCUT2D eigenvalue weighted by Gasteiger charge is -2.34. The number of aromatic nitrogens is 4. The topological polar surface area (TPSA) is 98.8 Å². The summed E-state index contributed by atoms with van der Waals surface area (Å²) in [7, 11) is 0. The number of rotatable bonds is 4. The Bertz CT molecular complexity index is 794. The van der Waals surface area contributed by atoms with E-state index in [4.69, 9.17) is 0 Å². The van der Waals surface area contributed by atoms with Gasteiger partial charge < -0.3 is 15.5 Å². The van der Waals surface area contributed by atoms with Gasteiger partial charge in [-0.15, -0.1) is 12.4 Å². The molecule has 1 amide bonds. The molecule has 146 valence electrons. The van der Waals surface area contributed by atoms with Gasteiger partial charge in [0.25, 0.3) is 5.91 Å². The van der Waals surface area contributed by atoms with Crippen LogP contribution in [0.25, 0.3) is 0 Å². The van der Waals surface area contributed by atoms with Crippen molar-refractivity contribution in [3.8, 4) is 0 Å². The predicted octanol–water partition coefficient (Wildman–Crippen LogP) is 1.23. The first-order valence-corrected chi connectivity index (χ1v) is 9.38. The second-order valence-corrected chi connectivity index (χ2v) is 6.94. The van der Waals surface area contributed by atoms with Crippen LogP contribution in [-0.4, -0.2) is 51.7 Å². The highest BCUT2D eigenvalue weighted by molar-refractivity contribution is 5.94. The van der Waals surface area contributed by atoms with Crippen LogP contribution in [0.1, 0.15) is 47.2 Å². The number of amides is 1. The molecule has 2 aliphatic rings. The van der Waals surface area contributed by atoms with E-state index in [9.17, 15) is 4.79 Å². The number of fused-ring (bicyclic) bond motifs is 1. The number of anilines is 1. The number of carbonyl (C=O) groups is 1. The fourth-order valence-corrected chi connectivity index (χ4v) is 3.72. The Morgan fingerprint density at radius 2 is 2.30 bits per heavy atom. The molecule has 2 aliphatic heterocycles. The van der Waals surface area contributed by atoms with Crippen molar-refractivity contribution in [2.24, 2.45) is 0 Å². The van der Waals surface area contributed by atoms with E-state index < -0.39 is 0 Å². The Morgan fingerprint density at radius 1 is 1.41 bits per heavy atom. The number of hydrogen-bond acceptors (Lipinski definition) is 6. The summed E-state index contributed by atoms with van der Waals surface area (Å²) >= 11 is 0. The molecule has 1 atom stereocenters. The number of nitrogens with zero attached hydrogens (tertiary/aromatic N) is 4. The molecule has 2 aromatic heterocycles. The van der Waals surface area contributed by atoms with Crippen LogP contribution in [0.5, 0.6) is 0 Å². The van der Waals surface area contributed by atoms with E-state index in [0.29, 0.717) is 12.2 Å². The molecule has 4 heterocycles. The third-order valence-electron chi connectivity index (χ3n) is 5.17. The summed E-state index contributed by atoms with van der Waals surface area (Å²) < 4.78 is 0. The highest BCUT2D eigenvalue weighted by Gasteiger charge is 2.26. The smallest absolute Gasteiger partial charge is 0.272 e. The van der Waals surface area contributed by atoms with Gasteiger partial charge in [-0.1, -0.05) is 6.92 Å². The van der Waals surface area contributed by atoms with Crippen LogP contribution in [0.3, 0.4) is 0 Å². The van der Waals surface area contributed by atoms with Crippen LogP contribution >= 0.6 is 12.4 Å². The average Bonchev–Trinajstić information content (AvgIpc) is 3.12. The molecule has 0 bridgehead atoms. The van der Waals surface area contributed by atoms with Crippen LogP contribution < -0.4 is 15.5 Å². The van der Waals surface area contributed by atoms with Crippen LogP contribution in [0.15, 0.2) is 12.4 Å². The van der Waals surface area contributed by atoms with E-state index in [-0.39, 0.29) is 24.4 Å². The molecular weight excluding hydrogens is 366 g/mol. The second kappa shape index (κ2) is 8.67. The third-order valence-corrected chi connectivity index (χ3v) is 5.17. The average molecular weight is 392 g/mol. The number of nitrogens with one attached hydrogen (secondary N) is 3. The molecular formula is C18H26ClN7O. The maximum Gasteiger partial charge on any atom is 0.272 e. The van der Waals surface area contributed by atoms with E-state index in [1.165, 1.54) is 0 Å². The molecule has 27 heavy (non-hydrogen) atoms. The maximum atomic E-state index is 12.7. The SMILES string of the molecule is CCc1cc(N2CCCC(NC(=O)c3n[nH]c4c3CNCC4)C2)ncn1.Cl. The lowest BCUT2D eigenvalue weighted by Crippen LogP contribution is -2.48. The molecule has 0 radical (unpaired) electrons. The van der Waals surface area contributed by atoms with Crippen molar-refractivity contribution >= 4 is 24.1 Å². The van der Waals surface area contributed by atoms with E-state index in [0.717, 1.165) is 68.1 Å². The largest absolute Gasteiger partial charge is 0.354 e. The zero-order chi connectivity index (χ0) is 17.9. The molecule has 9 heteroatoms. The minimum absolute atomic E-state index is 0. The van der Waals surface area contributed by atoms with Gasteiger partial charge in [-0.3, -0.25) is 9.89 Å². The maximum absolute atomic E-state index is 12.7. The first-order chi connectivity index (χ1) is 12.7. The van der Waals surface area contributed by atoms with Gasteiger partial charge >= 0.3 is 0 Å². The van der Waals surface area contributed by atoms with Crippen LogP contribution in [0.2, 0.25) is 0 Å². The van der Waals surface area contributed by atoms with E-state index >= 15 is 0 Å². The van der Waals surface area contributed by atoms with Gasteiger partial charge in [-0.25, -0.2) is 9.97 Å². The van der Waals surface area contributed by atoms with Gasteiger partial charge in [-0.2, -0.15) is 5.10 Å². The van der Waals surface area contributed by atoms with Crippen LogP contribution in [-0.2, 0) is 19.4 Å². The van der Waals surface area contributed by atoms with Crippen molar-refractivity contribution < 1.29 is 4.79 Å². The Balaban J connectivity index is 0.00000210. The zero-order valence-electron chi connectivity index (χ0n) is 15.5. The minimum atomic E-state index is -0.0880. The van der Waals surface area contributed by atoms with Crippen LogP contribution in [0.4, 0.5) is 5.82 Å². The summed E-state index contributed by atoms with van der Waals surface area (Å²) in [6.45, 7) is 5.43. The summed E-state index contributed by atoms with van der Waals surface area (Å²) in [5.74, 6) is 0.854. The van der Waals surface area contributed by atoms with Crippen molar-refractivity contribution in [1.82, 2.24) is 30.8 Å². The van der Waals surface area contributed by atoms with Gasteiger partial charge in [-0.05, 0) is 19.3 Å². The molecule has 1 unspecified atom stereocenters.